The van der Waals surface area contributed by atoms with Crippen molar-refractivity contribution < 1.29 is 13.6 Å². The molecule has 1 aliphatic carbocycles. The van der Waals surface area contributed by atoms with Crippen molar-refractivity contribution in [2.75, 3.05) is 0 Å². The molecule has 2 aromatic rings. The SMILES string of the molecule is Cc1cccnc1C(NC(=O)CCc1ccc(F)c(F)c1)C1CC1. The molecule has 3 rings (SSSR count). The maximum Gasteiger partial charge on any atom is 0.220 e. The summed E-state index contributed by atoms with van der Waals surface area (Å²) >= 11 is 0. The van der Waals surface area contributed by atoms with Gasteiger partial charge < -0.3 is 5.32 Å². The predicted molar refractivity (Wildman–Crippen MR) is 87.3 cm³/mol. The molecule has 1 aromatic heterocycles. The van der Waals surface area contributed by atoms with Crippen LogP contribution >= 0.6 is 0 Å². The lowest BCUT2D eigenvalue weighted by atomic mass is 10.0. The van der Waals surface area contributed by atoms with Crippen LogP contribution in [0, 0.1) is 24.5 Å². The highest BCUT2D eigenvalue weighted by Gasteiger charge is 2.34. The summed E-state index contributed by atoms with van der Waals surface area (Å²) in [5.41, 5.74) is 2.59. The topological polar surface area (TPSA) is 42.0 Å². The average Bonchev–Trinajstić information content (AvgIpc) is 3.39. The number of nitrogens with zero attached hydrogens (tertiary/aromatic N) is 1. The van der Waals surface area contributed by atoms with E-state index in [0.717, 1.165) is 36.2 Å². The first-order valence-corrected chi connectivity index (χ1v) is 8.19. The van der Waals surface area contributed by atoms with Crippen LogP contribution in [0.1, 0.15) is 42.1 Å². The smallest absolute Gasteiger partial charge is 0.220 e. The van der Waals surface area contributed by atoms with Crippen LogP contribution in [0.4, 0.5) is 8.78 Å². The van der Waals surface area contributed by atoms with Gasteiger partial charge in [-0.1, -0.05) is 12.1 Å². The van der Waals surface area contributed by atoms with E-state index in [1.54, 1.807) is 6.20 Å². The molecule has 3 nitrogen and oxygen atoms in total. The number of aryl methyl sites for hydroxylation is 2. The Hall–Kier alpha value is -2.30. The minimum absolute atomic E-state index is 0.0661. The van der Waals surface area contributed by atoms with Crippen LogP contribution in [0.5, 0.6) is 0 Å². The molecule has 1 heterocycles. The molecule has 24 heavy (non-hydrogen) atoms. The number of aromatic nitrogens is 1. The first-order chi connectivity index (χ1) is 11.5. The van der Waals surface area contributed by atoms with Crippen LogP contribution in [0.3, 0.4) is 0 Å². The molecule has 1 atom stereocenters. The minimum Gasteiger partial charge on any atom is -0.347 e. The third kappa shape index (κ3) is 3.96. The summed E-state index contributed by atoms with van der Waals surface area (Å²) in [5, 5.41) is 3.06. The van der Waals surface area contributed by atoms with Crippen molar-refractivity contribution in [2.45, 2.75) is 38.6 Å². The van der Waals surface area contributed by atoms with Crippen LogP contribution < -0.4 is 5.32 Å². The Morgan fingerprint density at radius 2 is 2.08 bits per heavy atom. The number of nitrogens with one attached hydrogen (secondary N) is 1. The van der Waals surface area contributed by atoms with E-state index in [-0.39, 0.29) is 18.4 Å². The lowest BCUT2D eigenvalue weighted by molar-refractivity contribution is -0.122. The highest BCUT2D eigenvalue weighted by Crippen LogP contribution is 2.41. The number of carbonyl (C=O) groups excluding carboxylic acids is 1. The normalized spacial score (nSPS) is 15.1. The fraction of sp³-hybridized carbons (Fsp3) is 0.368. The van der Waals surface area contributed by atoms with E-state index in [1.165, 1.54) is 6.07 Å². The second-order valence-electron chi connectivity index (χ2n) is 6.34. The number of pyridine rings is 1. The van der Waals surface area contributed by atoms with Crippen molar-refractivity contribution in [2.24, 2.45) is 5.92 Å². The zero-order valence-electron chi connectivity index (χ0n) is 13.6. The van der Waals surface area contributed by atoms with Gasteiger partial charge in [0, 0.05) is 12.6 Å². The van der Waals surface area contributed by atoms with E-state index >= 15 is 0 Å². The maximum atomic E-state index is 13.2. The van der Waals surface area contributed by atoms with Crippen molar-refractivity contribution in [3.63, 3.8) is 0 Å². The average molecular weight is 330 g/mol. The summed E-state index contributed by atoms with van der Waals surface area (Å²) < 4.78 is 26.1. The Morgan fingerprint density at radius 1 is 1.29 bits per heavy atom. The van der Waals surface area contributed by atoms with Gasteiger partial charge in [0.1, 0.15) is 0 Å². The number of hydrogen-bond acceptors (Lipinski definition) is 2. The van der Waals surface area contributed by atoms with E-state index in [4.69, 9.17) is 0 Å². The molecule has 1 unspecified atom stereocenters. The van der Waals surface area contributed by atoms with Gasteiger partial charge >= 0.3 is 0 Å². The van der Waals surface area contributed by atoms with Gasteiger partial charge in [-0.3, -0.25) is 9.78 Å². The molecule has 1 N–H and O–H groups in total. The third-order valence-corrected chi connectivity index (χ3v) is 4.38. The fourth-order valence-corrected chi connectivity index (χ4v) is 2.86. The molecular formula is C19H20F2N2O. The van der Waals surface area contributed by atoms with Gasteiger partial charge in [-0.2, -0.15) is 0 Å². The Morgan fingerprint density at radius 3 is 2.75 bits per heavy atom. The molecule has 0 aliphatic heterocycles. The van der Waals surface area contributed by atoms with Crippen molar-refractivity contribution >= 4 is 5.91 Å². The predicted octanol–water partition coefficient (Wildman–Crippen LogP) is 3.87. The number of rotatable bonds is 6. The van der Waals surface area contributed by atoms with Crippen molar-refractivity contribution in [3.05, 3.63) is 65.0 Å². The minimum atomic E-state index is -0.882. The number of benzene rings is 1. The third-order valence-electron chi connectivity index (χ3n) is 4.38. The second-order valence-corrected chi connectivity index (χ2v) is 6.34. The van der Waals surface area contributed by atoms with Crippen LogP contribution in [-0.2, 0) is 11.2 Å². The lowest BCUT2D eigenvalue weighted by Crippen LogP contribution is -2.31. The molecule has 1 aromatic carbocycles. The largest absolute Gasteiger partial charge is 0.347 e. The monoisotopic (exact) mass is 330 g/mol. The molecular weight excluding hydrogens is 310 g/mol. The van der Waals surface area contributed by atoms with Crippen LogP contribution in [0.2, 0.25) is 0 Å². The van der Waals surface area contributed by atoms with E-state index in [1.807, 2.05) is 19.1 Å². The molecule has 0 saturated heterocycles. The lowest BCUT2D eigenvalue weighted by Gasteiger charge is -2.19. The standard InChI is InChI=1S/C19H20F2N2O/c1-12-3-2-10-22-18(12)19(14-6-7-14)23-17(24)9-5-13-4-8-15(20)16(21)11-13/h2-4,8,10-11,14,19H,5-7,9H2,1H3,(H,23,24). The van der Waals surface area contributed by atoms with Crippen molar-refractivity contribution in [1.82, 2.24) is 10.3 Å². The first-order valence-electron chi connectivity index (χ1n) is 8.19. The summed E-state index contributed by atoms with van der Waals surface area (Å²) in [6, 6.07) is 7.55. The Kier molecular flexibility index (Phi) is 4.88. The molecule has 0 spiro atoms. The molecule has 1 saturated carbocycles. The number of amides is 1. The van der Waals surface area contributed by atoms with Gasteiger partial charge in [-0.15, -0.1) is 0 Å². The van der Waals surface area contributed by atoms with Gasteiger partial charge in [0.15, 0.2) is 11.6 Å². The van der Waals surface area contributed by atoms with Crippen LogP contribution in [-0.4, -0.2) is 10.9 Å². The summed E-state index contributed by atoms with van der Waals surface area (Å²) in [6.45, 7) is 1.99. The molecule has 0 bridgehead atoms. The molecule has 5 heteroatoms. The summed E-state index contributed by atoms with van der Waals surface area (Å²) in [4.78, 5) is 16.7. The number of hydrogen-bond donors (Lipinski definition) is 1. The van der Waals surface area contributed by atoms with Gasteiger partial charge in [-0.05, 0) is 61.4 Å². The zero-order chi connectivity index (χ0) is 17.1. The van der Waals surface area contributed by atoms with E-state index in [2.05, 4.69) is 10.3 Å². The molecule has 1 fully saturated rings. The molecule has 1 amide bonds. The van der Waals surface area contributed by atoms with Crippen molar-refractivity contribution in [1.29, 1.82) is 0 Å². The Bertz CT molecular complexity index is 744. The van der Waals surface area contributed by atoms with E-state index in [0.29, 0.717) is 17.9 Å². The number of halogens is 2. The van der Waals surface area contributed by atoms with Gasteiger partial charge in [0.2, 0.25) is 5.91 Å². The maximum absolute atomic E-state index is 13.2. The first kappa shape index (κ1) is 16.6. The fourth-order valence-electron chi connectivity index (χ4n) is 2.86. The van der Waals surface area contributed by atoms with E-state index < -0.39 is 11.6 Å². The van der Waals surface area contributed by atoms with Crippen LogP contribution in [0.25, 0.3) is 0 Å². The van der Waals surface area contributed by atoms with Crippen molar-refractivity contribution in [3.8, 4) is 0 Å². The number of carbonyl (C=O) groups is 1. The highest BCUT2D eigenvalue weighted by atomic mass is 19.2. The summed E-state index contributed by atoms with van der Waals surface area (Å²) in [7, 11) is 0. The quantitative estimate of drug-likeness (QED) is 0.874. The zero-order valence-corrected chi connectivity index (χ0v) is 13.6. The molecule has 0 radical (unpaired) electrons. The Balaban J connectivity index is 1.62. The second kappa shape index (κ2) is 7.07. The highest BCUT2D eigenvalue weighted by molar-refractivity contribution is 5.76. The van der Waals surface area contributed by atoms with Gasteiger partial charge in [0.25, 0.3) is 0 Å². The molecule has 126 valence electrons. The van der Waals surface area contributed by atoms with Gasteiger partial charge in [0.05, 0.1) is 11.7 Å². The molecule has 1 aliphatic rings. The van der Waals surface area contributed by atoms with Gasteiger partial charge in [-0.25, -0.2) is 8.78 Å². The van der Waals surface area contributed by atoms with E-state index in [9.17, 15) is 13.6 Å². The van der Waals surface area contributed by atoms with Crippen LogP contribution in [0.15, 0.2) is 36.5 Å². The Labute approximate surface area is 140 Å². The summed E-state index contributed by atoms with van der Waals surface area (Å²) in [6.07, 6.45) is 4.53. The summed E-state index contributed by atoms with van der Waals surface area (Å²) in [5.74, 6) is -1.41.